The zero-order chi connectivity index (χ0) is 23.0. The molecule has 1 aliphatic rings. The molecule has 1 fully saturated rings. The van der Waals surface area contributed by atoms with Gasteiger partial charge in [0.05, 0.1) is 32.3 Å². The third kappa shape index (κ3) is 6.21. The molecule has 8 nitrogen and oxygen atoms in total. The van der Waals surface area contributed by atoms with Gasteiger partial charge in [-0.05, 0) is 48.2 Å². The Hall–Kier alpha value is -2.62. The highest BCUT2D eigenvalue weighted by molar-refractivity contribution is 7.89. The van der Waals surface area contributed by atoms with Crippen molar-refractivity contribution < 1.29 is 27.4 Å². The summed E-state index contributed by atoms with van der Waals surface area (Å²) in [4.78, 5) is 12.5. The number of sulfonamides is 1. The topological polar surface area (TPSA) is 94.2 Å². The molecule has 3 rings (SSSR count). The van der Waals surface area contributed by atoms with Crippen molar-refractivity contribution in [1.29, 1.82) is 0 Å². The summed E-state index contributed by atoms with van der Waals surface area (Å²) in [5.41, 5.74) is 1.96. The first kappa shape index (κ1) is 24.0. The predicted octanol–water partition coefficient (Wildman–Crippen LogP) is 2.02. The zero-order valence-corrected chi connectivity index (χ0v) is 19.3. The van der Waals surface area contributed by atoms with Crippen molar-refractivity contribution in [2.45, 2.75) is 24.2 Å². The van der Waals surface area contributed by atoms with Gasteiger partial charge in [0.2, 0.25) is 15.9 Å². The molecule has 0 unspecified atom stereocenters. The summed E-state index contributed by atoms with van der Waals surface area (Å²) in [6.45, 7) is 2.09. The van der Waals surface area contributed by atoms with Crippen LogP contribution in [0.25, 0.3) is 0 Å². The average Bonchev–Trinajstić information content (AvgIpc) is 2.83. The van der Waals surface area contributed by atoms with Crippen molar-refractivity contribution in [2.75, 3.05) is 47.1 Å². The Morgan fingerprint density at radius 1 is 0.969 bits per heavy atom. The van der Waals surface area contributed by atoms with Gasteiger partial charge >= 0.3 is 0 Å². The molecule has 0 bridgehead atoms. The number of methoxy groups -OCH3 is 2. The van der Waals surface area contributed by atoms with Crippen LogP contribution in [0.2, 0.25) is 0 Å². The summed E-state index contributed by atoms with van der Waals surface area (Å²) < 4.78 is 42.5. The number of rotatable bonds is 10. The fourth-order valence-electron chi connectivity index (χ4n) is 3.49. The van der Waals surface area contributed by atoms with E-state index in [0.29, 0.717) is 63.6 Å². The Labute approximate surface area is 189 Å². The second-order valence-electron chi connectivity index (χ2n) is 7.45. The van der Waals surface area contributed by atoms with Crippen molar-refractivity contribution in [1.82, 2.24) is 9.62 Å². The number of aryl methyl sites for hydroxylation is 1. The van der Waals surface area contributed by atoms with Crippen molar-refractivity contribution in [2.24, 2.45) is 0 Å². The fraction of sp³-hybridized carbons (Fsp3) is 0.435. The highest BCUT2D eigenvalue weighted by atomic mass is 32.2. The molecule has 0 aromatic heterocycles. The average molecular weight is 463 g/mol. The van der Waals surface area contributed by atoms with E-state index in [4.69, 9.17) is 14.2 Å². The maximum Gasteiger partial charge on any atom is 0.243 e. The second kappa shape index (κ2) is 11.3. The maximum atomic E-state index is 12.7. The van der Waals surface area contributed by atoms with E-state index in [1.807, 2.05) is 18.2 Å². The predicted molar refractivity (Wildman–Crippen MR) is 121 cm³/mol. The molecule has 1 amide bonds. The molecule has 0 aliphatic carbocycles. The molecule has 1 saturated heterocycles. The van der Waals surface area contributed by atoms with E-state index in [1.54, 1.807) is 38.5 Å². The number of nitrogens with zero attached hydrogens (tertiary/aromatic N) is 1. The Balaban J connectivity index is 1.45. The lowest BCUT2D eigenvalue weighted by Crippen LogP contribution is -2.40. The van der Waals surface area contributed by atoms with Gasteiger partial charge in [0.25, 0.3) is 0 Å². The molecule has 0 saturated carbocycles. The van der Waals surface area contributed by atoms with Crippen LogP contribution in [0.15, 0.2) is 47.4 Å². The van der Waals surface area contributed by atoms with E-state index in [-0.39, 0.29) is 10.8 Å². The number of hydrogen-bond donors (Lipinski definition) is 1. The van der Waals surface area contributed by atoms with Crippen LogP contribution >= 0.6 is 0 Å². The highest BCUT2D eigenvalue weighted by Crippen LogP contribution is 2.27. The molecule has 0 atom stereocenters. The minimum atomic E-state index is -3.50. The van der Waals surface area contributed by atoms with E-state index in [1.165, 1.54) is 4.31 Å². The number of hydrogen-bond acceptors (Lipinski definition) is 6. The van der Waals surface area contributed by atoms with Gasteiger partial charge in [-0.25, -0.2) is 8.42 Å². The lowest BCUT2D eigenvalue weighted by Gasteiger charge is -2.26. The van der Waals surface area contributed by atoms with Crippen molar-refractivity contribution in [3.8, 4) is 11.5 Å². The Kier molecular flexibility index (Phi) is 8.49. The largest absolute Gasteiger partial charge is 0.493 e. The summed E-state index contributed by atoms with van der Waals surface area (Å²) in [6, 6.07) is 12.4. The van der Waals surface area contributed by atoms with Gasteiger partial charge in [-0.3, -0.25) is 4.79 Å². The minimum Gasteiger partial charge on any atom is -0.493 e. The number of benzene rings is 2. The number of carbonyl (C=O) groups excluding carboxylic acids is 1. The van der Waals surface area contributed by atoms with Gasteiger partial charge < -0.3 is 19.5 Å². The number of ether oxygens (including phenoxy) is 3. The van der Waals surface area contributed by atoms with Gasteiger partial charge in [-0.1, -0.05) is 18.2 Å². The molecule has 2 aromatic carbocycles. The summed E-state index contributed by atoms with van der Waals surface area (Å²) in [5.74, 6) is 1.29. The van der Waals surface area contributed by atoms with E-state index in [2.05, 4.69) is 5.32 Å². The smallest absolute Gasteiger partial charge is 0.243 e. The third-order valence-electron chi connectivity index (χ3n) is 5.36. The molecular weight excluding hydrogens is 432 g/mol. The summed E-state index contributed by atoms with van der Waals surface area (Å²) in [7, 11) is -0.318. The summed E-state index contributed by atoms with van der Waals surface area (Å²) in [6.07, 6.45) is 1.56. The molecule has 9 heteroatoms. The summed E-state index contributed by atoms with van der Waals surface area (Å²) in [5, 5.41) is 2.92. The number of nitrogens with one attached hydrogen (secondary N) is 1. The summed E-state index contributed by atoms with van der Waals surface area (Å²) >= 11 is 0. The third-order valence-corrected chi connectivity index (χ3v) is 7.27. The second-order valence-corrected chi connectivity index (χ2v) is 9.39. The Bertz CT molecular complexity index is 1000. The van der Waals surface area contributed by atoms with Gasteiger partial charge in [-0.15, -0.1) is 0 Å². The van der Waals surface area contributed by atoms with E-state index in [0.717, 1.165) is 11.1 Å². The Morgan fingerprint density at radius 3 is 2.28 bits per heavy atom. The van der Waals surface area contributed by atoms with E-state index >= 15 is 0 Å². The Morgan fingerprint density at radius 2 is 1.62 bits per heavy atom. The van der Waals surface area contributed by atoms with Crippen LogP contribution in [-0.2, 0) is 32.4 Å². The molecule has 1 aliphatic heterocycles. The van der Waals surface area contributed by atoms with Crippen molar-refractivity contribution in [3.63, 3.8) is 0 Å². The molecule has 174 valence electrons. The molecule has 0 spiro atoms. The van der Waals surface area contributed by atoms with Crippen LogP contribution < -0.4 is 14.8 Å². The van der Waals surface area contributed by atoms with Gasteiger partial charge in [0, 0.05) is 26.1 Å². The normalized spacial score (nSPS) is 14.7. The SMILES string of the molecule is COc1ccc(CCNC(=O)CCc2ccc(S(=O)(=O)N3CCOCC3)cc2)cc1OC. The lowest BCUT2D eigenvalue weighted by atomic mass is 10.1. The van der Waals surface area contributed by atoms with E-state index < -0.39 is 10.0 Å². The van der Waals surface area contributed by atoms with E-state index in [9.17, 15) is 13.2 Å². The number of morpholine rings is 1. The minimum absolute atomic E-state index is 0.0458. The molecular formula is C23H30N2O6S. The number of carbonyl (C=O) groups is 1. The van der Waals surface area contributed by atoms with Crippen LogP contribution in [0.4, 0.5) is 0 Å². The first-order chi connectivity index (χ1) is 15.4. The number of amides is 1. The van der Waals surface area contributed by atoms with Gasteiger partial charge in [0.15, 0.2) is 11.5 Å². The van der Waals surface area contributed by atoms with Crippen LogP contribution in [-0.4, -0.2) is 65.7 Å². The molecule has 1 N–H and O–H groups in total. The van der Waals surface area contributed by atoms with Crippen molar-refractivity contribution >= 4 is 15.9 Å². The standard InChI is InChI=1S/C23H30N2O6S/c1-29-21-9-5-19(17-22(21)30-2)11-12-24-23(26)10-6-18-3-7-20(8-4-18)32(27,28)25-13-15-31-16-14-25/h3-5,7-9,17H,6,10-16H2,1-2H3,(H,24,26). The molecule has 0 radical (unpaired) electrons. The first-order valence-electron chi connectivity index (χ1n) is 10.6. The maximum absolute atomic E-state index is 12.7. The fourth-order valence-corrected chi connectivity index (χ4v) is 4.90. The molecule has 32 heavy (non-hydrogen) atoms. The van der Waals surface area contributed by atoms with Crippen LogP contribution in [0.3, 0.4) is 0 Å². The quantitative estimate of drug-likeness (QED) is 0.581. The zero-order valence-electron chi connectivity index (χ0n) is 18.5. The van der Waals surface area contributed by atoms with Crippen LogP contribution in [0.1, 0.15) is 17.5 Å². The van der Waals surface area contributed by atoms with Gasteiger partial charge in [0.1, 0.15) is 0 Å². The monoisotopic (exact) mass is 462 g/mol. The first-order valence-corrected chi connectivity index (χ1v) is 12.0. The van der Waals surface area contributed by atoms with Crippen molar-refractivity contribution in [3.05, 3.63) is 53.6 Å². The van der Waals surface area contributed by atoms with Gasteiger partial charge in [-0.2, -0.15) is 4.31 Å². The lowest BCUT2D eigenvalue weighted by molar-refractivity contribution is -0.121. The van der Waals surface area contributed by atoms with Crippen LogP contribution in [0, 0.1) is 0 Å². The molecule has 2 aromatic rings. The van der Waals surface area contributed by atoms with Crippen LogP contribution in [0.5, 0.6) is 11.5 Å². The highest BCUT2D eigenvalue weighted by Gasteiger charge is 2.26. The molecule has 1 heterocycles.